The zero-order valence-electron chi connectivity index (χ0n) is 30.2. The standard InChI is InChI=1S/C52H32N2O2/c1-2-14-37-34(12-1)13-9-21-44(37)54-45-20-6-3-15-38(45)39-31-28-35(32-48(39)54)33-26-29-36(30-27-33)53(46-22-10-18-42-40-16-4-7-24-49(40)55-51(42)46)47-23-11-19-43-41-17-5-8-25-50(41)56-52(43)47/h1-32H. The molecule has 0 amide bonds. The molecule has 0 fully saturated rings. The number of hydrogen-bond donors (Lipinski definition) is 0. The van der Waals surface area contributed by atoms with Gasteiger partial charge in [0.1, 0.15) is 11.2 Å². The van der Waals surface area contributed by atoms with E-state index in [0.29, 0.717) is 0 Å². The first-order valence-corrected chi connectivity index (χ1v) is 19.0. The first-order chi connectivity index (χ1) is 27.8. The Morgan fingerprint density at radius 3 is 1.57 bits per heavy atom. The van der Waals surface area contributed by atoms with Crippen molar-refractivity contribution in [3.05, 3.63) is 194 Å². The summed E-state index contributed by atoms with van der Waals surface area (Å²) < 4.78 is 15.7. The van der Waals surface area contributed by atoms with E-state index in [9.17, 15) is 0 Å². The van der Waals surface area contributed by atoms with Crippen molar-refractivity contribution >= 4 is 93.5 Å². The van der Waals surface area contributed by atoms with Gasteiger partial charge in [0.05, 0.1) is 28.1 Å². The molecular formula is C52H32N2O2. The molecule has 3 heterocycles. The van der Waals surface area contributed by atoms with Crippen molar-refractivity contribution in [2.24, 2.45) is 0 Å². The molecule has 4 heteroatoms. The van der Waals surface area contributed by atoms with Gasteiger partial charge < -0.3 is 18.3 Å². The maximum atomic E-state index is 6.64. The summed E-state index contributed by atoms with van der Waals surface area (Å²) in [4.78, 5) is 2.28. The fourth-order valence-electron chi connectivity index (χ4n) is 8.84. The van der Waals surface area contributed by atoms with Crippen LogP contribution in [0.5, 0.6) is 0 Å². The van der Waals surface area contributed by atoms with Gasteiger partial charge in [-0.05, 0) is 71.1 Å². The minimum atomic E-state index is 0.831. The second-order valence-electron chi connectivity index (χ2n) is 14.5. The SMILES string of the molecule is c1ccc2c(-n3c4ccccc4c4ccc(-c5ccc(N(c6cccc7c6oc6ccccc67)c6cccc7c6oc6ccccc67)cc5)cc43)cccc2c1. The molecular weight excluding hydrogens is 685 g/mol. The summed E-state index contributed by atoms with van der Waals surface area (Å²) in [6, 6.07) is 69.0. The highest BCUT2D eigenvalue weighted by Gasteiger charge is 2.23. The van der Waals surface area contributed by atoms with Gasteiger partial charge in [-0.2, -0.15) is 0 Å². The Bertz CT molecular complexity index is 3370. The third-order valence-corrected chi connectivity index (χ3v) is 11.4. The molecule has 0 saturated heterocycles. The predicted octanol–water partition coefficient (Wildman–Crippen LogP) is 14.9. The minimum absolute atomic E-state index is 0.831. The zero-order chi connectivity index (χ0) is 36.7. The largest absolute Gasteiger partial charge is 0.454 e. The summed E-state index contributed by atoms with van der Waals surface area (Å²) >= 11 is 0. The van der Waals surface area contributed by atoms with Crippen LogP contribution in [-0.4, -0.2) is 4.57 Å². The molecule has 0 aliphatic rings. The lowest BCUT2D eigenvalue weighted by Crippen LogP contribution is -2.10. The summed E-state index contributed by atoms with van der Waals surface area (Å²) in [6.45, 7) is 0. The lowest BCUT2D eigenvalue weighted by molar-refractivity contribution is 0.666. The number of aromatic nitrogens is 1. The van der Waals surface area contributed by atoms with Crippen LogP contribution in [0, 0.1) is 0 Å². The zero-order valence-corrected chi connectivity index (χ0v) is 30.2. The fraction of sp³-hybridized carbons (Fsp3) is 0. The molecule has 56 heavy (non-hydrogen) atoms. The smallest absolute Gasteiger partial charge is 0.159 e. The first-order valence-electron chi connectivity index (χ1n) is 19.0. The van der Waals surface area contributed by atoms with E-state index in [-0.39, 0.29) is 0 Å². The van der Waals surface area contributed by atoms with Crippen LogP contribution in [0.4, 0.5) is 17.1 Å². The molecule has 0 spiro atoms. The van der Waals surface area contributed by atoms with Gasteiger partial charge in [0.25, 0.3) is 0 Å². The van der Waals surface area contributed by atoms with E-state index in [4.69, 9.17) is 8.83 Å². The Morgan fingerprint density at radius 1 is 0.357 bits per heavy atom. The van der Waals surface area contributed by atoms with Crippen molar-refractivity contribution < 1.29 is 8.83 Å². The van der Waals surface area contributed by atoms with Crippen LogP contribution < -0.4 is 4.90 Å². The Morgan fingerprint density at radius 2 is 0.875 bits per heavy atom. The lowest BCUT2D eigenvalue weighted by atomic mass is 10.0. The maximum absolute atomic E-state index is 6.64. The van der Waals surface area contributed by atoms with E-state index in [1.54, 1.807) is 0 Å². The van der Waals surface area contributed by atoms with E-state index in [1.165, 1.54) is 38.3 Å². The molecule has 12 rings (SSSR count). The van der Waals surface area contributed by atoms with Crippen molar-refractivity contribution in [2.75, 3.05) is 4.90 Å². The average molecular weight is 717 g/mol. The van der Waals surface area contributed by atoms with E-state index >= 15 is 0 Å². The molecule has 0 atom stereocenters. The number of anilines is 3. The molecule has 0 bridgehead atoms. The number of rotatable bonds is 5. The molecule has 0 radical (unpaired) electrons. The summed E-state index contributed by atoms with van der Waals surface area (Å²) in [6.07, 6.45) is 0. The monoisotopic (exact) mass is 716 g/mol. The van der Waals surface area contributed by atoms with Gasteiger partial charge in [0.15, 0.2) is 11.2 Å². The lowest BCUT2D eigenvalue weighted by Gasteiger charge is -2.25. The second kappa shape index (κ2) is 12.0. The van der Waals surface area contributed by atoms with Crippen LogP contribution in [0.15, 0.2) is 203 Å². The molecule has 0 unspecified atom stereocenters. The van der Waals surface area contributed by atoms with Crippen molar-refractivity contribution in [1.29, 1.82) is 0 Å². The van der Waals surface area contributed by atoms with Crippen molar-refractivity contribution in [2.45, 2.75) is 0 Å². The summed E-state index contributed by atoms with van der Waals surface area (Å²) in [7, 11) is 0. The normalized spacial score (nSPS) is 11.9. The van der Waals surface area contributed by atoms with E-state index < -0.39 is 0 Å². The first kappa shape index (κ1) is 30.9. The fourth-order valence-corrected chi connectivity index (χ4v) is 8.84. The Labute approximate surface area is 321 Å². The predicted molar refractivity (Wildman–Crippen MR) is 233 cm³/mol. The molecule has 0 aliphatic carbocycles. The highest BCUT2D eigenvalue weighted by Crippen LogP contribution is 2.46. The van der Waals surface area contributed by atoms with Crippen molar-refractivity contribution in [3.63, 3.8) is 0 Å². The third kappa shape index (κ3) is 4.53. The molecule has 4 nitrogen and oxygen atoms in total. The molecule has 3 aromatic heterocycles. The number of para-hydroxylation sites is 5. The Balaban J connectivity index is 1.05. The second-order valence-corrected chi connectivity index (χ2v) is 14.5. The Hall–Kier alpha value is -7.56. The summed E-state index contributed by atoms with van der Waals surface area (Å²) in [5, 5.41) is 9.27. The molecule has 0 aliphatic heterocycles. The van der Waals surface area contributed by atoms with Gasteiger partial charge in [-0.1, -0.05) is 140 Å². The van der Waals surface area contributed by atoms with E-state index in [2.05, 4.69) is 179 Å². The molecule has 0 N–H and O–H groups in total. The quantitative estimate of drug-likeness (QED) is 0.178. The van der Waals surface area contributed by atoms with Gasteiger partial charge in [-0.3, -0.25) is 0 Å². The van der Waals surface area contributed by atoms with Gasteiger partial charge in [0.2, 0.25) is 0 Å². The van der Waals surface area contributed by atoms with Gasteiger partial charge >= 0.3 is 0 Å². The maximum Gasteiger partial charge on any atom is 0.159 e. The summed E-state index contributed by atoms with van der Waals surface area (Å²) in [5.74, 6) is 0. The Kier molecular flexibility index (Phi) is 6.60. The third-order valence-electron chi connectivity index (χ3n) is 11.4. The number of benzene rings is 9. The highest BCUT2D eigenvalue weighted by atomic mass is 16.3. The van der Waals surface area contributed by atoms with Gasteiger partial charge in [-0.15, -0.1) is 0 Å². The van der Waals surface area contributed by atoms with Crippen LogP contribution in [-0.2, 0) is 0 Å². The highest BCUT2D eigenvalue weighted by molar-refractivity contribution is 6.14. The molecule has 0 saturated carbocycles. The van der Waals surface area contributed by atoms with Gasteiger partial charge in [-0.25, -0.2) is 0 Å². The van der Waals surface area contributed by atoms with Crippen LogP contribution in [0.25, 0.3) is 93.3 Å². The van der Waals surface area contributed by atoms with E-state index in [0.717, 1.165) is 72.1 Å². The number of hydrogen-bond acceptors (Lipinski definition) is 3. The van der Waals surface area contributed by atoms with Crippen molar-refractivity contribution in [3.8, 4) is 16.8 Å². The number of fused-ring (bicyclic) bond motifs is 10. The topological polar surface area (TPSA) is 34.5 Å². The van der Waals surface area contributed by atoms with Crippen LogP contribution >= 0.6 is 0 Å². The van der Waals surface area contributed by atoms with Crippen molar-refractivity contribution in [1.82, 2.24) is 4.57 Å². The minimum Gasteiger partial charge on any atom is -0.454 e. The molecule has 9 aromatic carbocycles. The van der Waals surface area contributed by atoms with E-state index in [1.807, 2.05) is 24.3 Å². The number of furan rings is 2. The van der Waals surface area contributed by atoms with Crippen LogP contribution in [0.2, 0.25) is 0 Å². The van der Waals surface area contributed by atoms with Gasteiger partial charge in [0, 0.05) is 43.4 Å². The summed E-state index contributed by atoms with van der Waals surface area (Å²) in [5.41, 5.74) is 12.1. The molecule has 12 aromatic rings. The average Bonchev–Trinajstić information content (AvgIpc) is 3.94. The molecule has 262 valence electrons. The van der Waals surface area contributed by atoms with Crippen LogP contribution in [0.1, 0.15) is 0 Å². The van der Waals surface area contributed by atoms with Crippen LogP contribution in [0.3, 0.4) is 0 Å². The number of nitrogens with zero attached hydrogens (tertiary/aromatic N) is 2.